The minimum absolute atomic E-state index is 0.0822. The minimum atomic E-state index is -0.427. The zero-order chi connectivity index (χ0) is 21.5. The first-order valence-corrected chi connectivity index (χ1v) is 10.1. The summed E-state index contributed by atoms with van der Waals surface area (Å²) in [6.07, 6.45) is 0.632. The third-order valence-corrected chi connectivity index (χ3v) is 5.93. The van der Waals surface area contributed by atoms with Crippen LogP contribution in [0.4, 0.5) is 0 Å². The molecule has 1 aromatic heterocycles. The summed E-state index contributed by atoms with van der Waals surface area (Å²) in [5.41, 5.74) is 2.19. The molecule has 8 heteroatoms. The van der Waals surface area contributed by atoms with Gasteiger partial charge in [0.15, 0.2) is 4.77 Å². The molecule has 1 N–H and O–H groups in total. The molecule has 0 saturated heterocycles. The molecular weight excluding hydrogens is 388 g/mol. The number of carbonyl (C=O) groups is 1. The number of benzene rings is 1. The Balaban J connectivity index is 2.09. The van der Waals surface area contributed by atoms with E-state index in [9.17, 15) is 14.7 Å². The van der Waals surface area contributed by atoms with E-state index in [2.05, 4.69) is 31.1 Å². The third-order valence-electron chi connectivity index (χ3n) is 5.38. The molecule has 0 saturated carbocycles. The molecule has 0 fully saturated rings. The number of hydrazone groups is 1. The van der Waals surface area contributed by atoms with Crippen molar-refractivity contribution in [3.63, 3.8) is 0 Å². The summed E-state index contributed by atoms with van der Waals surface area (Å²) >= 11 is 5.18. The Labute approximate surface area is 174 Å². The lowest BCUT2D eigenvalue weighted by Crippen LogP contribution is -2.28. The average Bonchev–Trinajstić information content (AvgIpc) is 3.15. The van der Waals surface area contributed by atoms with E-state index in [0.717, 1.165) is 5.56 Å². The molecule has 29 heavy (non-hydrogen) atoms. The molecule has 1 aliphatic heterocycles. The topological polar surface area (TPSA) is 79.8 Å². The summed E-state index contributed by atoms with van der Waals surface area (Å²) < 4.78 is 2.87. The lowest BCUT2D eigenvalue weighted by molar-refractivity contribution is -0.132. The molecule has 1 atom stereocenters. The van der Waals surface area contributed by atoms with Crippen LogP contribution in [0.1, 0.15) is 62.3 Å². The first kappa shape index (κ1) is 21.0. The maximum atomic E-state index is 12.8. The number of hydrogen-bond donors (Lipinski definition) is 1. The molecule has 1 aliphatic rings. The number of nitrogens with zero attached hydrogens (tertiary/aromatic N) is 4. The number of hydrogen-bond acceptors (Lipinski definition) is 5. The van der Waals surface area contributed by atoms with Crippen molar-refractivity contribution in [1.82, 2.24) is 14.1 Å². The van der Waals surface area contributed by atoms with Gasteiger partial charge in [-0.3, -0.25) is 18.7 Å². The van der Waals surface area contributed by atoms with Crippen LogP contribution >= 0.6 is 12.2 Å². The molecular formula is C21H26N4O3S. The average molecular weight is 415 g/mol. The van der Waals surface area contributed by atoms with Gasteiger partial charge in [0.1, 0.15) is 5.56 Å². The smallest absolute Gasteiger partial charge is 0.267 e. The Morgan fingerprint density at radius 1 is 1.24 bits per heavy atom. The van der Waals surface area contributed by atoms with Gasteiger partial charge < -0.3 is 5.11 Å². The van der Waals surface area contributed by atoms with Crippen molar-refractivity contribution >= 4 is 23.8 Å². The predicted molar refractivity (Wildman–Crippen MR) is 115 cm³/mol. The van der Waals surface area contributed by atoms with Gasteiger partial charge >= 0.3 is 0 Å². The SMILES string of the molecule is CCC(=O)N1N=C(c2c(O)n(C)c(=S)n(C)c2=O)C[C@H]1c1ccc(C(C)C)cc1. The molecule has 0 unspecified atom stereocenters. The van der Waals surface area contributed by atoms with Gasteiger partial charge in [0.05, 0.1) is 11.8 Å². The number of aromatic hydroxyl groups is 1. The van der Waals surface area contributed by atoms with Gasteiger partial charge in [-0.05, 0) is 29.3 Å². The van der Waals surface area contributed by atoms with Crippen LogP contribution in [0.15, 0.2) is 34.2 Å². The largest absolute Gasteiger partial charge is 0.494 e. The first-order chi connectivity index (χ1) is 13.7. The fourth-order valence-electron chi connectivity index (χ4n) is 3.50. The Hall–Kier alpha value is -2.74. The quantitative estimate of drug-likeness (QED) is 0.778. The van der Waals surface area contributed by atoms with E-state index in [1.54, 1.807) is 21.0 Å². The summed E-state index contributed by atoms with van der Waals surface area (Å²) in [4.78, 5) is 25.4. The summed E-state index contributed by atoms with van der Waals surface area (Å²) in [5.74, 6) is 0.0276. The van der Waals surface area contributed by atoms with E-state index in [4.69, 9.17) is 12.2 Å². The van der Waals surface area contributed by atoms with Crippen LogP contribution in [-0.4, -0.2) is 30.9 Å². The number of rotatable bonds is 4. The van der Waals surface area contributed by atoms with Crippen molar-refractivity contribution in [2.24, 2.45) is 19.2 Å². The lowest BCUT2D eigenvalue weighted by Gasteiger charge is -2.22. The fraction of sp³-hybridized carbons (Fsp3) is 0.429. The molecule has 0 spiro atoms. The van der Waals surface area contributed by atoms with E-state index in [0.29, 0.717) is 24.5 Å². The summed E-state index contributed by atoms with van der Waals surface area (Å²) in [7, 11) is 3.15. The van der Waals surface area contributed by atoms with E-state index < -0.39 is 5.56 Å². The van der Waals surface area contributed by atoms with Gasteiger partial charge in [0.25, 0.3) is 5.56 Å². The molecule has 7 nitrogen and oxygen atoms in total. The zero-order valence-electron chi connectivity index (χ0n) is 17.3. The van der Waals surface area contributed by atoms with Crippen molar-refractivity contribution in [3.05, 3.63) is 56.1 Å². The van der Waals surface area contributed by atoms with E-state index in [-0.39, 0.29) is 28.2 Å². The van der Waals surface area contributed by atoms with Crippen LogP contribution in [-0.2, 0) is 18.9 Å². The van der Waals surface area contributed by atoms with Gasteiger partial charge in [-0.15, -0.1) is 0 Å². The molecule has 154 valence electrons. The van der Waals surface area contributed by atoms with Gasteiger partial charge in [0.2, 0.25) is 11.8 Å². The Morgan fingerprint density at radius 2 is 1.86 bits per heavy atom. The maximum Gasteiger partial charge on any atom is 0.267 e. The van der Waals surface area contributed by atoms with Gasteiger partial charge in [-0.25, -0.2) is 5.01 Å². The Morgan fingerprint density at radius 3 is 2.41 bits per heavy atom. The van der Waals surface area contributed by atoms with Crippen molar-refractivity contribution in [2.75, 3.05) is 0 Å². The number of aromatic nitrogens is 2. The highest BCUT2D eigenvalue weighted by Crippen LogP contribution is 2.34. The monoisotopic (exact) mass is 414 g/mol. The van der Waals surface area contributed by atoms with E-state index in [1.807, 2.05) is 12.1 Å². The standard InChI is InChI=1S/C21H26N4O3S/c1-6-17(26)25-16(14-9-7-13(8-10-14)12(2)3)11-15(22-25)18-19(27)23(4)21(29)24(5)20(18)28/h7-10,12,16,27H,6,11H2,1-5H3/t16-/m0/s1. The highest BCUT2D eigenvalue weighted by Gasteiger charge is 2.35. The molecule has 2 aromatic rings. The molecule has 1 aromatic carbocycles. The minimum Gasteiger partial charge on any atom is -0.494 e. The second-order valence-corrected chi connectivity index (χ2v) is 7.95. The third kappa shape index (κ3) is 3.64. The molecule has 2 heterocycles. The number of carbonyl (C=O) groups excluding carboxylic acids is 1. The van der Waals surface area contributed by atoms with Crippen molar-refractivity contribution < 1.29 is 9.90 Å². The van der Waals surface area contributed by atoms with E-state index >= 15 is 0 Å². The molecule has 0 bridgehead atoms. The second-order valence-electron chi connectivity index (χ2n) is 7.58. The van der Waals surface area contributed by atoms with Crippen LogP contribution in [0.5, 0.6) is 5.88 Å². The van der Waals surface area contributed by atoms with Crippen LogP contribution in [0.3, 0.4) is 0 Å². The molecule has 1 amide bonds. The fourth-order valence-corrected chi connectivity index (χ4v) is 3.67. The molecule has 3 rings (SSSR count). The maximum absolute atomic E-state index is 12.8. The van der Waals surface area contributed by atoms with Crippen molar-refractivity contribution in [2.45, 2.75) is 45.6 Å². The highest BCUT2D eigenvalue weighted by atomic mass is 32.1. The summed E-state index contributed by atoms with van der Waals surface area (Å²) in [6, 6.07) is 7.78. The van der Waals surface area contributed by atoms with Crippen LogP contribution < -0.4 is 5.56 Å². The molecule has 0 radical (unpaired) electrons. The summed E-state index contributed by atoms with van der Waals surface area (Å²) in [5, 5.41) is 16.5. The highest BCUT2D eigenvalue weighted by molar-refractivity contribution is 7.71. The van der Waals surface area contributed by atoms with Gasteiger partial charge in [-0.1, -0.05) is 45.0 Å². The Kier molecular flexibility index (Phi) is 5.75. The van der Waals surface area contributed by atoms with Gasteiger partial charge in [0, 0.05) is 26.9 Å². The van der Waals surface area contributed by atoms with Crippen LogP contribution in [0.2, 0.25) is 0 Å². The van der Waals surface area contributed by atoms with Crippen molar-refractivity contribution in [3.8, 4) is 5.88 Å². The van der Waals surface area contributed by atoms with Crippen LogP contribution in [0, 0.1) is 4.77 Å². The molecule has 0 aliphatic carbocycles. The van der Waals surface area contributed by atoms with E-state index in [1.165, 1.54) is 19.7 Å². The summed E-state index contributed by atoms with van der Waals surface area (Å²) in [6.45, 7) is 6.03. The van der Waals surface area contributed by atoms with Crippen LogP contribution in [0.25, 0.3) is 0 Å². The Bertz CT molecular complexity index is 1100. The second kappa shape index (κ2) is 7.94. The predicted octanol–water partition coefficient (Wildman–Crippen LogP) is 3.37. The lowest BCUT2D eigenvalue weighted by atomic mass is 9.95. The van der Waals surface area contributed by atoms with Gasteiger partial charge in [-0.2, -0.15) is 5.10 Å². The van der Waals surface area contributed by atoms with Crippen molar-refractivity contribution in [1.29, 1.82) is 0 Å². The first-order valence-electron chi connectivity index (χ1n) is 9.66. The zero-order valence-corrected chi connectivity index (χ0v) is 18.2. The normalized spacial score (nSPS) is 16.4. The number of amides is 1.